The zero-order valence-electron chi connectivity index (χ0n) is 16.2. The predicted octanol–water partition coefficient (Wildman–Crippen LogP) is 6.49. The van der Waals surface area contributed by atoms with E-state index in [2.05, 4.69) is 23.7 Å². The number of carboxylic acid groups (broad SMARTS) is 1. The van der Waals surface area contributed by atoms with Crippen molar-refractivity contribution in [2.24, 2.45) is 4.99 Å². The number of rotatable bonds is 7. The van der Waals surface area contributed by atoms with Gasteiger partial charge in [0, 0.05) is 5.56 Å². The van der Waals surface area contributed by atoms with Gasteiger partial charge in [-0.1, -0.05) is 78.8 Å². The molecule has 146 valence electrons. The third kappa shape index (κ3) is 5.21. The number of aryl methyl sites for hydroxylation is 2. The SMILES string of the molecule is C=C(Cl)N=C(CCc1ccccc1)c1c(C)cccc1-c1ccc(C(=O)O)cc1. The van der Waals surface area contributed by atoms with E-state index in [0.717, 1.165) is 34.4 Å². The molecule has 1 N–H and O–H groups in total. The second-order valence-corrected chi connectivity index (χ2v) is 7.24. The van der Waals surface area contributed by atoms with E-state index in [4.69, 9.17) is 16.7 Å². The number of halogens is 1. The van der Waals surface area contributed by atoms with Gasteiger partial charge in [-0.25, -0.2) is 9.79 Å². The highest BCUT2D eigenvalue weighted by Gasteiger charge is 2.15. The summed E-state index contributed by atoms with van der Waals surface area (Å²) >= 11 is 6.06. The van der Waals surface area contributed by atoms with Crippen molar-refractivity contribution in [3.8, 4) is 11.1 Å². The average molecular weight is 404 g/mol. The fourth-order valence-electron chi connectivity index (χ4n) is 3.37. The molecule has 0 spiro atoms. The monoisotopic (exact) mass is 403 g/mol. The van der Waals surface area contributed by atoms with Gasteiger partial charge in [0.2, 0.25) is 0 Å². The van der Waals surface area contributed by atoms with Crippen LogP contribution in [0.1, 0.15) is 33.5 Å². The Labute approximate surface area is 176 Å². The Hall–Kier alpha value is -3.17. The molecule has 0 aliphatic rings. The van der Waals surface area contributed by atoms with E-state index in [1.807, 2.05) is 55.5 Å². The number of aromatic carboxylic acids is 1. The Morgan fingerprint density at radius 2 is 1.69 bits per heavy atom. The van der Waals surface area contributed by atoms with Gasteiger partial charge in [0.25, 0.3) is 0 Å². The average Bonchev–Trinajstić information content (AvgIpc) is 2.71. The second-order valence-electron chi connectivity index (χ2n) is 6.80. The van der Waals surface area contributed by atoms with Gasteiger partial charge in [0.05, 0.1) is 11.3 Å². The molecule has 0 radical (unpaired) electrons. The highest BCUT2D eigenvalue weighted by Crippen LogP contribution is 2.29. The zero-order chi connectivity index (χ0) is 20.8. The predicted molar refractivity (Wildman–Crippen MR) is 120 cm³/mol. The minimum Gasteiger partial charge on any atom is -0.478 e. The first-order valence-corrected chi connectivity index (χ1v) is 9.73. The van der Waals surface area contributed by atoms with Crippen LogP contribution in [-0.4, -0.2) is 16.8 Å². The molecule has 3 nitrogen and oxygen atoms in total. The molecule has 0 amide bonds. The first-order valence-electron chi connectivity index (χ1n) is 9.35. The minimum absolute atomic E-state index is 0.239. The highest BCUT2D eigenvalue weighted by atomic mass is 35.5. The molecule has 0 unspecified atom stereocenters. The summed E-state index contributed by atoms with van der Waals surface area (Å²) in [6.07, 6.45) is 1.54. The molecule has 0 aromatic heterocycles. The van der Waals surface area contributed by atoms with Gasteiger partial charge < -0.3 is 5.11 Å². The number of carboxylic acids is 1. The molecule has 0 bridgehead atoms. The third-order valence-electron chi connectivity index (χ3n) is 4.75. The minimum atomic E-state index is -0.940. The lowest BCUT2D eigenvalue weighted by molar-refractivity contribution is 0.0697. The van der Waals surface area contributed by atoms with Gasteiger partial charge in [-0.3, -0.25) is 0 Å². The van der Waals surface area contributed by atoms with Crippen LogP contribution in [0.25, 0.3) is 11.1 Å². The van der Waals surface area contributed by atoms with Gasteiger partial charge in [-0.2, -0.15) is 0 Å². The van der Waals surface area contributed by atoms with E-state index >= 15 is 0 Å². The molecule has 3 aromatic carbocycles. The molecule has 0 fully saturated rings. The van der Waals surface area contributed by atoms with Crippen molar-refractivity contribution in [3.63, 3.8) is 0 Å². The summed E-state index contributed by atoms with van der Waals surface area (Å²) in [6, 6.07) is 23.2. The summed E-state index contributed by atoms with van der Waals surface area (Å²) in [6.45, 7) is 5.79. The lowest BCUT2D eigenvalue weighted by Crippen LogP contribution is -2.08. The summed E-state index contributed by atoms with van der Waals surface area (Å²) in [5, 5.41) is 9.41. The van der Waals surface area contributed by atoms with E-state index in [-0.39, 0.29) is 10.7 Å². The van der Waals surface area contributed by atoms with Crippen molar-refractivity contribution in [2.75, 3.05) is 0 Å². The van der Waals surface area contributed by atoms with E-state index in [1.165, 1.54) is 5.56 Å². The third-order valence-corrected chi connectivity index (χ3v) is 4.84. The van der Waals surface area contributed by atoms with Crippen LogP contribution in [0.3, 0.4) is 0 Å². The topological polar surface area (TPSA) is 49.7 Å². The van der Waals surface area contributed by atoms with Crippen molar-refractivity contribution in [2.45, 2.75) is 19.8 Å². The maximum atomic E-state index is 11.2. The van der Waals surface area contributed by atoms with E-state index in [9.17, 15) is 4.79 Å². The van der Waals surface area contributed by atoms with Crippen molar-refractivity contribution in [3.05, 3.63) is 107 Å². The van der Waals surface area contributed by atoms with Crippen LogP contribution in [0, 0.1) is 6.92 Å². The number of hydrogen-bond donors (Lipinski definition) is 1. The Morgan fingerprint density at radius 1 is 1.00 bits per heavy atom. The molecule has 4 heteroatoms. The summed E-state index contributed by atoms with van der Waals surface area (Å²) in [4.78, 5) is 15.7. The zero-order valence-corrected chi connectivity index (χ0v) is 17.0. The van der Waals surface area contributed by atoms with E-state index < -0.39 is 5.97 Å². The molecule has 0 aliphatic carbocycles. The summed E-state index contributed by atoms with van der Waals surface area (Å²) < 4.78 is 0. The number of nitrogens with zero attached hydrogens (tertiary/aromatic N) is 1. The van der Waals surface area contributed by atoms with Gasteiger partial charge in [0.15, 0.2) is 0 Å². The summed E-state index contributed by atoms with van der Waals surface area (Å²) in [5.41, 5.74) is 6.36. The van der Waals surface area contributed by atoms with Gasteiger partial charge in [-0.15, -0.1) is 0 Å². The van der Waals surface area contributed by atoms with Crippen LogP contribution in [0.2, 0.25) is 0 Å². The molecule has 3 rings (SSSR count). The molecule has 0 heterocycles. The summed E-state index contributed by atoms with van der Waals surface area (Å²) in [5.74, 6) is -0.940. The fraction of sp³-hybridized carbons (Fsp3) is 0.120. The van der Waals surface area contributed by atoms with E-state index in [1.54, 1.807) is 12.1 Å². The first kappa shape index (κ1) is 20.6. The normalized spacial score (nSPS) is 11.3. The molecular weight excluding hydrogens is 382 g/mol. The second kappa shape index (κ2) is 9.35. The molecule has 0 saturated carbocycles. The van der Waals surface area contributed by atoms with Crippen LogP contribution in [-0.2, 0) is 6.42 Å². The molecule has 29 heavy (non-hydrogen) atoms. The van der Waals surface area contributed by atoms with Gasteiger partial charge in [-0.05, 0) is 54.2 Å². The maximum Gasteiger partial charge on any atom is 0.335 e. The molecule has 0 saturated heterocycles. The van der Waals surface area contributed by atoms with E-state index in [0.29, 0.717) is 6.42 Å². The summed E-state index contributed by atoms with van der Waals surface area (Å²) in [7, 11) is 0. The van der Waals surface area contributed by atoms with Crippen molar-refractivity contribution in [1.29, 1.82) is 0 Å². The quantitative estimate of drug-likeness (QED) is 0.362. The lowest BCUT2D eigenvalue weighted by Gasteiger charge is -2.16. The number of aliphatic imine (C=N–C) groups is 1. The Kier molecular flexibility index (Phi) is 6.63. The number of hydrogen-bond acceptors (Lipinski definition) is 2. The highest BCUT2D eigenvalue weighted by molar-refractivity contribution is 6.30. The Bertz CT molecular complexity index is 1050. The molecule has 0 atom stereocenters. The van der Waals surface area contributed by atoms with Crippen LogP contribution in [0.5, 0.6) is 0 Å². The fourth-order valence-corrected chi connectivity index (χ4v) is 3.48. The number of carbonyl (C=O) groups is 1. The van der Waals surface area contributed by atoms with Crippen molar-refractivity contribution < 1.29 is 9.90 Å². The van der Waals surface area contributed by atoms with Crippen LogP contribution >= 0.6 is 11.6 Å². The Balaban J connectivity index is 2.03. The van der Waals surface area contributed by atoms with Crippen LogP contribution in [0.4, 0.5) is 0 Å². The largest absolute Gasteiger partial charge is 0.478 e. The van der Waals surface area contributed by atoms with Crippen LogP contribution < -0.4 is 0 Å². The van der Waals surface area contributed by atoms with Crippen molar-refractivity contribution >= 4 is 23.3 Å². The smallest absolute Gasteiger partial charge is 0.335 e. The molecule has 3 aromatic rings. The van der Waals surface area contributed by atoms with Crippen molar-refractivity contribution in [1.82, 2.24) is 0 Å². The lowest BCUT2D eigenvalue weighted by atomic mass is 9.90. The van der Waals surface area contributed by atoms with Gasteiger partial charge in [0.1, 0.15) is 5.16 Å². The maximum absolute atomic E-state index is 11.2. The Morgan fingerprint density at radius 3 is 2.31 bits per heavy atom. The standard InChI is InChI=1S/C25H22ClNO2/c1-17-7-6-10-22(20-12-14-21(15-13-20)25(28)29)24(17)23(27-18(2)26)16-11-19-8-4-3-5-9-19/h3-10,12-15H,2,11,16H2,1H3,(H,28,29). The number of benzene rings is 3. The first-order chi connectivity index (χ1) is 14.0. The molecule has 0 aliphatic heterocycles. The molecular formula is C25H22ClNO2. The van der Waals surface area contributed by atoms with Gasteiger partial charge >= 0.3 is 5.97 Å². The van der Waals surface area contributed by atoms with Crippen LogP contribution in [0.15, 0.2) is 89.5 Å².